The van der Waals surface area contributed by atoms with E-state index < -0.39 is 11.7 Å². The normalized spacial score (nSPS) is 11.6. The van der Waals surface area contributed by atoms with Crippen molar-refractivity contribution in [3.8, 4) is 17.0 Å². The average Bonchev–Trinajstić information content (AvgIpc) is 2.73. The van der Waals surface area contributed by atoms with Crippen molar-refractivity contribution in [2.24, 2.45) is 0 Å². The fourth-order valence-corrected chi connectivity index (χ4v) is 4.25. The van der Waals surface area contributed by atoms with Gasteiger partial charge in [0.25, 0.3) is 0 Å². The molecule has 0 radical (unpaired) electrons. The van der Waals surface area contributed by atoms with Gasteiger partial charge in [-0.1, -0.05) is 60.3 Å². The minimum atomic E-state index is -4.56. The number of benzene rings is 3. The topological polar surface area (TPSA) is 22.1 Å². The number of ether oxygens (including phenoxy) is 1. The fraction of sp³-hybridized carbons (Fsp3) is 0.0870. The highest BCUT2D eigenvalue weighted by molar-refractivity contribution is 7.99. The number of pyridine rings is 1. The lowest BCUT2D eigenvalue weighted by Crippen LogP contribution is -2.10. The Balaban J connectivity index is 2.08. The van der Waals surface area contributed by atoms with E-state index in [9.17, 15) is 13.2 Å². The molecule has 0 saturated carbocycles. The first-order chi connectivity index (χ1) is 14.0. The van der Waals surface area contributed by atoms with Crippen molar-refractivity contribution in [3.05, 3.63) is 84.4 Å². The minimum Gasteiger partial charge on any atom is -0.497 e. The first kappa shape index (κ1) is 19.3. The molecule has 0 N–H and O–H groups in total. The van der Waals surface area contributed by atoms with E-state index in [4.69, 9.17) is 4.74 Å². The second-order valence-electron chi connectivity index (χ2n) is 6.33. The van der Waals surface area contributed by atoms with Gasteiger partial charge in [-0.25, -0.2) is 4.98 Å². The molecule has 4 aromatic rings. The zero-order valence-electron chi connectivity index (χ0n) is 15.4. The number of fused-ring (bicyclic) bond motifs is 1. The van der Waals surface area contributed by atoms with Crippen LogP contribution in [0.25, 0.3) is 22.2 Å². The molecule has 29 heavy (non-hydrogen) atoms. The first-order valence-electron chi connectivity index (χ1n) is 8.84. The van der Waals surface area contributed by atoms with Crippen molar-refractivity contribution in [1.82, 2.24) is 4.98 Å². The van der Waals surface area contributed by atoms with Crippen molar-refractivity contribution >= 4 is 22.7 Å². The van der Waals surface area contributed by atoms with Crippen molar-refractivity contribution in [2.75, 3.05) is 7.11 Å². The molecule has 0 spiro atoms. The molecule has 2 nitrogen and oxygen atoms in total. The van der Waals surface area contributed by atoms with Crippen LogP contribution in [0, 0.1) is 0 Å². The summed E-state index contributed by atoms with van der Waals surface area (Å²) in [5.41, 5.74) is 0.516. The molecule has 0 bridgehead atoms. The van der Waals surface area contributed by atoms with E-state index in [-0.39, 0.29) is 15.8 Å². The Bertz CT molecular complexity index is 1150. The van der Waals surface area contributed by atoms with Gasteiger partial charge >= 0.3 is 6.18 Å². The maximum absolute atomic E-state index is 14.3. The largest absolute Gasteiger partial charge is 0.497 e. The smallest absolute Gasteiger partial charge is 0.418 e. The highest BCUT2D eigenvalue weighted by Crippen LogP contribution is 2.47. The van der Waals surface area contributed by atoms with E-state index in [1.165, 1.54) is 13.2 Å². The van der Waals surface area contributed by atoms with E-state index in [1.54, 1.807) is 60.7 Å². The number of hydrogen-bond donors (Lipinski definition) is 0. The van der Waals surface area contributed by atoms with Crippen LogP contribution in [0.15, 0.2) is 88.7 Å². The second-order valence-corrected chi connectivity index (χ2v) is 7.41. The van der Waals surface area contributed by atoms with E-state index in [0.717, 1.165) is 11.8 Å². The van der Waals surface area contributed by atoms with Gasteiger partial charge in [0.15, 0.2) is 0 Å². The summed E-state index contributed by atoms with van der Waals surface area (Å²) in [5, 5.41) is 0.0231. The van der Waals surface area contributed by atoms with Gasteiger partial charge in [0.05, 0.1) is 28.8 Å². The monoisotopic (exact) mass is 411 g/mol. The highest BCUT2D eigenvalue weighted by Gasteiger charge is 2.38. The highest BCUT2D eigenvalue weighted by atomic mass is 32.2. The molecule has 6 heteroatoms. The van der Waals surface area contributed by atoms with Gasteiger partial charge in [-0.15, -0.1) is 0 Å². The predicted octanol–water partition coefficient (Wildman–Crippen LogP) is 7.08. The van der Waals surface area contributed by atoms with Crippen LogP contribution in [0.3, 0.4) is 0 Å². The number of alkyl halides is 3. The third-order valence-corrected chi connectivity index (χ3v) is 5.55. The molecule has 146 valence electrons. The van der Waals surface area contributed by atoms with Crippen LogP contribution in [0.5, 0.6) is 5.75 Å². The molecule has 0 saturated heterocycles. The zero-order chi connectivity index (χ0) is 20.4. The molecule has 1 aromatic heterocycles. The summed E-state index contributed by atoms with van der Waals surface area (Å²) >= 11 is 1.07. The Morgan fingerprint density at radius 1 is 0.862 bits per heavy atom. The van der Waals surface area contributed by atoms with Crippen LogP contribution < -0.4 is 4.74 Å². The molecular weight excluding hydrogens is 395 g/mol. The van der Waals surface area contributed by atoms with Crippen molar-refractivity contribution in [3.63, 3.8) is 0 Å². The molecule has 0 amide bonds. The maximum Gasteiger partial charge on any atom is 0.418 e. The number of methoxy groups -OCH3 is 1. The Hall–Kier alpha value is -2.99. The Morgan fingerprint density at radius 3 is 2.14 bits per heavy atom. The van der Waals surface area contributed by atoms with Gasteiger partial charge in [0.1, 0.15) is 5.75 Å². The van der Waals surface area contributed by atoms with Gasteiger partial charge in [0, 0.05) is 15.8 Å². The number of halogens is 3. The van der Waals surface area contributed by atoms with Crippen LogP contribution in [0.2, 0.25) is 0 Å². The summed E-state index contributed by atoms with van der Waals surface area (Å²) in [6.45, 7) is 0. The van der Waals surface area contributed by atoms with Crippen LogP contribution in [-0.4, -0.2) is 12.1 Å². The standard InChI is InChI=1S/C23H16F3NOS/c1-28-16-12-13-19-18(14-16)20(23(24,25)26)22(29-17-10-6-3-7-11-17)21(27-19)15-8-4-2-5-9-15/h2-14H,1H3. The zero-order valence-corrected chi connectivity index (χ0v) is 16.2. The molecule has 4 rings (SSSR count). The van der Waals surface area contributed by atoms with E-state index in [1.807, 2.05) is 12.1 Å². The van der Waals surface area contributed by atoms with Crippen LogP contribution >= 0.6 is 11.8 Å². The summed E-state index contributed by atoms with van der Waals surface area (Å²) in [6, 6.07) is 22.5. The van der Waals surface area contributed by atoms with Crippen molar-refractivity contribution in [1.29, 1.82) is 0 Å². The number of aromatic nitrogens is 1. The fourth-order valence-electron chi connectivity index (χ4n) is 3.13. The molecule has 3 aromatic carbocycles. The summed E-state index contributed by atoms with van der Waals surface area (Å²) in [7, 11) is 1.43. The van der Waals surface area contributed by atoms with Crippen LogP contribution in [0.4, 0.5) is 13.2 Å². The Kier molecular flexibility index (Phi) is 5.20. The number of hydrogen-bond acceptors (Lipinski definition) is 3. The molecule has 1 heterocycles. The summed E-state index contributed by atoms with van der Waals surface area (Å²) < 4.78 is 48.2. The quantitative estimate of drug-likeness (QED) is 0.358. The molecule has 0 aliphatic rings. The summed E-state index contributed by atoms with van der Waals surface area (Å²) in [5.74, 6) is 0.355. The molecular formula is C23H16F3NOS. The lowest BCUT2D eigenvalue weighted by molar-refractivity contribution is -0.138. The van der Waals surface area contributed by atoms with Crippen molar-refractivity contribution in [2.45, 2.75) is 16.0 Å². The molecule has 0 atom stereocenters. The molecule has 0 fully saturated rings. The Labute approximate surface area is 170 Å². The third kappa shape index (κ3) is 3.93. The predicted molar refractivity (Wildman–Crippen MR) is 109 cm³/mol. The van der Waals surface area contributed by atoms with Gasteiger partial charge in [-0.2, -0.15) is 13.2 Å². The molecule has 0 unspecified atom stereocenters. The SMILES string of the molecule is COc1ccc2nc(-c3ccccc3)c(Sc3ccccc3)c(C(F)(F)F)c2c1. The van der Waals surface area contributed by atoms with E-state index in [2.05, 4.69) is 4.98 Å². The van der Waals surface area contributed by atoms with Gasteiger partial charge < -0.3 is 4.74 Å². The van der Waals surface area contributed by atoms with E-state index in [0.29, 0.717) is 21.9 Å². The number of nitrogens with zero attached hydrogens (tertiary/aromatic N) is 1. The summed E-state index contributed by atoms with van der Waals surface area (Å²) in [4.78, 5) is 5.40. The molecule has 0 aliphatic heterocycles. The first-order valence-corrected chi connectivity index (χ1v) is 9.66. The Morgan fingerprint density at radius 2 is 1.52 bits per heavy atom. The second kappa shape index (κ2) is 7.79. The van der Waals surface area contributed by atoms with Crippen LogP contribution in [-0.2, 0) is 6.18 Å². The number of rotatable bonds is 4. The lowest BCUT2D eigenvalue weighted by Gasteiger charge is -2.19. The van der Waals surface area contributed by atoms with Crippen LogP contribution in [0.1, 0.15) is 5.56 Å². The van der Waals surface area contributed by atoms with Gasteiger partial charge in [0.2, 0.25) is 0 Å². The maximum atomic E-state index is 14.3. The lowest BCUT2D eigenvalue weighted by atomic mass is 10.0. The molecule has 0 aliphatic carbocycles. The average molecular weight is 411 g/mol. The minimum absolute atomic E-state index is 0.0231. The third-order valence-electron chi connectivity index (χ3n) is 4.44. The van der Waals surface area contributed by atoms with Crippen molar-refractivity contribution < 1.29 is 17.9 Å². The summed E-state index contributed by atoms with van der Waals surface area (Å²) in [6.07, 6.45) is -4.56. The van der Waals surface area contributed by atoms with Gasteiger partial charge in [-0.3, -0.25) is 0 Å². The van der Waals surface area contributed by atoms with Gasteiger partial charge in [-0.05, 0) is 30.3 Å². The van der Waals surface area contributed by atoms with E-state index >= 15 is 0 Å².